The van der Waals surface area contributed by atoms with E-state index in [1.54, 1.807) is 0 Å². The number of aliphatic hydroxyl groups excluding tert-OH is 1. The van der Waals surface area contributed by atoms with E-state index in [2.05, 4.69) is 10.2 Å². The Balaban J connectivity index is 1.58. The third kappa shape index (κ3) is 6.17. The highest BCUT2D eigenvalue weighted by Gasteiger charge is 2.45. The number of aliphatic hydroxyl groups is 1. The van der Waals surface area contributed by atoms with Gasteiger partial charge in [0.1, 0.15) is 0 Å². The van der Waals surface area contributed by atoms with Crippen LogP contribution >= 0.6 is 0 Å². The molecule has 1 heterocycles. The summed E-state index contributed by atoms with van der Waals surface area (Å²) >= 11 is 0. The van der Waals surface area contributed by atoms with Crippen LogP contribution in [-0.4, -0.2) is 41.1 Å². The minimum Gasteiger partial charge on any atom is -0.393 e. The zero-order valence-corrected chi connectivity index (χ0v) is 21.1. The first-order chi connectivity index (χ1) is 17.8. The molecule has 208 valence electrons. The smallest absolute Gasteiger partial charge is 0.393 e. The van der Waals surface area contributed by atoms with Crippen molar-refractivity contribution in [2.75, 3.05) is 13.1 Å². The van der Waals surface area contributed by atoms with Gasteiger partial charge in [-0.2, -0.15) is 26.3 Å². The molecule has 1 unspecified atom stereocenters. The summed E-state index contributed by atoms with van der Waals surface area (Å²) in [7, 11) is 0. The standard InChI is InChI=1S/C28H32F6N2O2/c1-18(19-15-21(27(29,30)31)17-22(16-19)28(32,33)34)35-25(38)26(20-5-3-2-4-6-20)11-7-23(8-12-26)36-13-9-24(37)10-14-36/h2-6,15-18,23-24,37H,7-14H2,1H3,(H,35,38). The molecule has 2 fully saturated rings. The van der Waals surface area contributed by atoms with Crippen LogP contribution in [-0.2, 0) is 22.6 Å². The molecule has 1 atom stereocenters. The van der Waals surface area contributed by atoms with Gasteiger partial charge in [-0.1, -0.05) is 30.3 Å². The average molecular weight is 543 g/mol. The van der Waals surface area contributed by atoms with E-state index in [9.17, 15) is 36.2 Å². The lowest BCUT2D eigenvalue weighted by molar-refractivity contribution is -0.143. The fraction of sp³-hybridized carbons (Fsp3) is 0.536. The van der Waals surface area contributed by atoms with Gasteiger partial charge in [0.2, 0.25) is 5.91 Å². The van der Waals surface area contributed by atoms with Gasteiger partial charge in [-0.3, -0.25) is 4.79 Å². The number of piperidine rings is 1. The highest BCUT2D eigenvalue weighted by Crippen LogP contribution is 2.43. The van der Waals surface area contributed by atoms with E-state index in [1.807, 2.05) is 30.3 Å². The van der Waals surface area contributed by atoms with Gasteiger partial charge in [0, 0.05) is 19.1 Å². The molecule has 1 saturated heterocycles. The molecule has 2 aromatic carbocycles. The molecule has 4 rings (SSSR count). The number of carbonyl (C=O) groups excluding carboxylic acids is 1. The van der Waals surface area contributed by atoms with E-state index in [0.717, 1.165) is 18.7 Å². The molecule has 2 aliphatic rings. The molecule has 0 radical (unpaired) electrons. The first-order valence-electron chi connectivity index (χ1n) is 12.9. The largest absolute Gasteiger partial charge is 0.416 e. The van der Waals surface area contributed by atoms with E-state index in [-0.39, 0.29) is 23.8 Å². The number of hydrogen-bond acceptors (Lipinski definition) is 3. The zero-order chi connectivity index (χ0) is 27.7. The molecular formula is C28H32F6N2O2. The number of likely N-dealkylation sites (tertiary alicyclic amines) is 1. The van der Waals surface area contributed by atoms with Gasteiger partial charge in [-0.25, -0.2) is 0 Å². The molecule has 0 spiro atoms. The summed E-state index contributed by atoms with van der Waals surface area (Å²) in [6, 6.07) is 9.72. The summed E-state index contributed by atoms with van der Waals surface area (Å²) in [6.07, 6.45) is -6.39. The van der Waals surface area contributed by atoms with Crippen LogP contribution in [0.5, 0.6) is 0 Å². The van der Waals surface area contributed by atoms with Crippen LogP contribution in [0.25, 0.3) is 0 Å². The second-order valence-corrected chi connectivity index (χ2v) is 10.5. The Morgan fingerprint density at radius 1 is 0.921 bits per heavy atom. The number of alkyl halides is 6. The molecule has 1 amide bonds. The summed E-state index contributed by atoms with van der Waals surface area (Å²) in [5, 5.41) is 12.6. The van der Waals surface area contributed by atoms with Gasteiger partial charge in [-0.05, 0) is 74.8 Å². The monoisotopic (exact) mass is 542 g/mol. The highest BCUT2D eigenvalue weighted by atomic mass is 19.4. The molecule has 10 heteroatoms. The van der Waals surface area contributed by atoms with Crippen LogP contribution < -0.4 is 5.32 Å². The molecule has 1 aliphatic carbocycles. The fourth-order valence-corrected chi connectivity index (χ4v) is 5.76. The Morgan fingerprint density at radius 2 is 1.45 bits per heavy atom. The quantitative estimate of drug-likeness (QED) is 0.440. The van der Waals surface area contributed by atoms with Crippen molar-refractivity contribution in [3.63, 3.8) is 0 Å². The number of nitrogens with zero attached hydrogens (tertiary/aromatic N) is 1. The van der Waals surface area contributed by atoms with E-state index in [0.29, 0.717) is 50.7 Å². The van der Waals surface area contributed by atoms with Gasteiger partial charge < -0.3 is 15.3 Å². The predicted molar refractivity (Wildman–Crippen MR) is 130 cm³/mol. The third-order valence-electron chi connectivity index (χ3n) is 8.04. The zero-order valence-electron chi connectivity index (χ0n) is 21.1. The lowest BCUT2D eigenvalue weighted by Crippen LogP contribution is -2.51. The van der Waals surface area contributed by atoms with Crippen LogP contribution in [0.2, 0.25) is 0 Å². The Morgan fingerprint density at radius 3 is 1.95 bits per heavy atom. The normalized spacial score (nSPS) is 24.7. The number of carbonyl (C=O) groups is 1. The average Bonchev–Trinajstić information content (AvgIpc) is 2.88. The number of rotatable bonds is 5. The molecule has 0 aromatic heterocycles. The van der Waals surface area contributed by atoms with Crippen molar-refractivity contribution in [2.24, 2.45) is 0 Å². The lowest BCUT2D eigenvalue weighted by atomic mass is 9.67. The van der Waals surface area contributed by atoms with Gasteiger partial charge in [-0.15, -0.1) is 0 Å². The summed E-state index contributed by atoms with van der Waals surface area (Å²) in [5.41, 5.74) is -3.25. The topological polar surface area (TPSA) is 52.6 Å². The first kappa shape index (κ1) is 28.4. The maximum absolute atomic E-state index is 13.8. The summed E-state index contributed by atoms with van der Waals surface area (Å²) < 4.78 is 80.2. The van der Waals surface area contributed by atoms with Crippen LogP contribution in [0.15, 0.2) is 48.5 Å². The van der Waals surface area contributed by atoms with Crippen molar-refractivity contribution in [2.45, 2.75) is 81.4 Å². The van der Waals surface area contributed by atoms with Crippen LogP contribution in [0.3, 0.4) is 0 Å². The van der Waals surface area contributed by atoms with Gasteiger partial charge in [0.15, 0.2) is 0 Å². The van der Waals surface area contributed by atoms with Crippen LogP contribution in [0.4, 0.5) is 26.3 Å². The van der Waals surface area contributed by atoms with E-state index >= 15 is 0 Å². The molecule has 2 aromatic rings. The number of hydrogen-bond donors (Lipinski definition) is 2. The molecular weight excluding hydrogens is 510 g/mol. The van der Waals surface area contributed by atoms with Crippen molar-refractivity contribution >= 4 is 5.91 Å². The maximum atomic E-state index is 13.8. The predicted octanol–water partition coefficient (Wildman–Crippen LogP) is 6.24. The first-order valence-corrected chi connectivity index (χ1v) is 12.9. The van der Waals surface area contributed by atoms with Crippen molar-refractivity contribution < 1.29 is 36.2 Å². The van der Waals surface area contributed by atoms with Crippen molar-refractivity contribution in [3.05, 3.63) is 70.8 Å². The van der Waals surface area contributed by atoms with Gasteiger partial charge in [0.05, 0.1) is 28.7 Å². The second-order valence-electron chi connectivity index (χ2n) is 10.5. The third-order valence-corrected chi connectivity index (χ3v) is 8.04. The number of benzene rings is 2. The lowest BCUT2D eigenvalue weighted by Gasteiger charge is -2.44. The molecule has 1 saturated carbocycles. The number of nitrogens with one attached hydrogen (secondary N) is 1. The van der Waals surface area contributed by atoms with Gasteiger partial charge >= 0.3 is 12.4 Å². The minimum atomic E-state index is -4.96. The summed E-state index contributed by atoms with van der Waals surface area (Å²) in [4.78, 5) is 16.1. The van der Waals surface area contributed by atoms with Gasteiger partial charge in [0.25, 0.3) is 0 Å². The Labute approximate surface area is 218 Å². The number of halogens is 6. The van der Waals surface area contributed by atoms with E-state index < -0.39 is 40.8 Å². The van der Waals surface area contributed by atoms with E-state index in [1.165, 1.54) is 6.92 Å². The summed E-state index contributed by atoms with van der Waals surface area (Å²) in [5.74, 6) is -0.408. The van der Waals surface area contributed by atoms with Crippen LogP contribution in [0.1, 0.15) is 73.7 Å². The molecule has 0 bridgehead atoms. The van der Waals surface area contributed by atoms with Crippen molar-refractivity contribution in [1.29, 1.82) is 0 Å². The summed E-state index contributed by atoms with van der Waals surface area (Å²) in [6.45, 7) is 2.96. The fourth-order valence-electron chi connectivity index (χ4n) is 5.76. The molecule has 38 heavy (non-hydrogen) atoms. The SMILES string of the molecule is CC(NC(=O)C1(c2ccccc2)CCC(N2CCC(O)CC2)CC1)c1cc(C(F)(F)F)cc(C(F)(F)F)c1. The Kier molecular flexibility index (Phi) is 8.14. The highest BCUT2D eigenvalue weighted by molar-refractivity contribution is 5.88. The Hall–Kier alpha value is -2.59. The van der Waals surface area contributed by atoms with Crippen molar-refractivity contribution in [1.82, 2.24) is 10.2 Å². The van der Waals surface area contributed by atoms with Crippen LogP contribution in [0, 0.1) is 0 Å². The molecule has 2 N–H and O–H groups in total. The van der Waals surface area contributed by atoms with Crippen molar-refractivity contribution in [3.8, 4) is 0 Å². The molecule has 1 aliphatic heterocycles. The second kappa shape index (κ2) is 10.9. The van der Waals surface area contributed by atoms with E-state index in [4.69, 9.17) is 0 Å². The molecule has 4 nitrogen and oxygen atoms in total. The maximum Gasteiger partial charge on any atom is 0.416 e. The minimum absolute atomic E-state index is 0.0877. The number of amides is 1. The Bertz CT molecular complexity index is 1070.